The van der Waals surface area contributed by atoms with E-state index < -0.39 is 0 Å². The van der Waals surface area contributed by atoms with Crippen LogP contribution in [-0.4, -0.2) is 21.2 Å². The van der Waals surface area contributed by atoms with E-state index in [-0.39, 0.29) is 23.8 Å². The molecule has 7 heteroatoms. The summed E-state index contributed by atoms with van der Waals surface area (Å²) in [4.78, 5) is 29.1. The number of carbonyl (C=O) groups is 1. The second kappa shape index (κ2) is 6.99. The number of carbonyl (C=O) groups excluding carboxylic acids is 1. The molecule has 2 heterocycles. The van der Waals surface area contributed by atoms with Crippen molar-refractivity contribution in [1.82, 2.24) is 9.55 Å². The predicted molar refractivity (Wildman–Crippen MR) is 97.0 cm³/mol. The Hall–Kier alpha value is -1.79. The van der Waals surface area contributed by atoms with E-state index in [1.54, 1.807) is 10.6 Å². The van der Waals surface area contributed by atoms with E-state index >= 15 is 0 Å². The molecule has 24 heavy (non-hydrogen) atoms. The van der Waals surface area contributed by atoms with Crippen LogP contribution >= 0.6 is 23.4 Å². The topological polar surface area (TPSA) is 64.0 Å². The molecule has 2 aromatic rings. The van der Waals surface area contributed by atoms with Crippen LogP contribution in [0.2, 0.25) is 5.02 Å². The van der Waals surface area contributed by atoms with E-state index in [1.807, 2.05) is 25.2 Å². The normalized spacial score (nSPS) is 16.6. The summed E-state index contributed by atoms with van der Waals surface area (Å²) < 4.78 is 1.79. The van der Waals surface area contributed by atoms with Crippen LogP contribution in [-0.2, 0) is 11.8 Å². The van der Waals surface area contributed by atoms with Gasteiger partial charge in [0.05, 0.1) is 5.56 Å². The zero-order chi connectivity index (χ0) is 17.3. The number of thioether (sulfide) groups is 1. The van der Waals surface area contributed by atoms with Gasteiger partial charge in [-0.3, -0.25) is 9.59 Å². The Bertz CT molecular complexity index is 850. The van der Waals surface area contributed by atoms with Crippen molar-refractivity contribution >= 4 is 35.1 Å². The fraction of sp³-hybridized carbons (Fsp3) is 0.353. The van der Waals surface area contributed by atoms with Crippen molar-refractivity contribution in [2.24, 2.45) is 7.05 Å². The number of fused-ring (bicyclic) bond motifs is 1. The summed E-state index contributed by atoms with van der Waals surface area (Å²) >= 11 is 7.81. The molecule has 0 saturated heterocycles. The first-order valence-corrected chi connectivity index (χ1v) is 9.17. The average Bonchev–Trinajstić information content (AvgIpc) is 2.56. The van der Waals surface area contributed by atoms with E-state index in [2.05, 4.69) is 17.2 Å². The van der Waals surface area contributed by atoms with Gasteiger partial charge in [-0.15, -0.1) is 0 Å². The van der Waals surface area contributed by atoms with E-state index in [0.717, 1.165) is 17.7 Å². The van der Waals surface area contributed by atoms with E-state index in [0.29, 0.717) is 21.6 Å². The molecule has 0 fully saturated rings. The number of halogens is 1. The number of hydrogen-bond donors (Lipinski definition) is 1. The van der Waals surface area contributed by atoms with Crippen LogP contribution in [0.5, 0.6) is 0 Å². The van der Waals surface area contributed by atoms with E-state index in [1.165, 1.54) is 11.8 Å². The number of nitrogens with one attached hydrogen (secondary N) is 1. The molecule has 1 aliphatic heterocycles. The van der Waals surface area contributed by atoms with Crippen molar-refractivity contribution in [2.45, 2.75) is 30.8 Å². The molecule has 126 valence electrons. The molecule has 3 rings (SSSR count). The van der Waals surface area contributed by atoms with Gasteiger partial charge in [-0.1, -0.05) is 48.5 Å². The summed E-state index contributed by atoms with van der Waals surface area (Å²) in [6, 6.07) is 7.31. The number of aromatic nitrogens is 2. The highest BCUT2D eigenvalue weighted by Crippen LogP contribution is 2.38. The number of benzene rings is 1. The van der Waals surface area contributed by atoms with Gasteiger partial charge in [0, 0.05) is 30.2 Å². The first kappa shape index (κ1) is 17.0. The molecule has 1 aliphatic rings. The molecule has 1 aromatic heterocycles. The van der Waals surface area contributed by atoms with Crippen LogP contribution in [0.25, 0.3) is 0 Å². The van der Waals surface area contributed by atoms with Gasteiger partial charge in [-0.25, -0.2) is 0 Å². The highest BCUT2D eigenvalue weighted by atomic mass is 35.5. The predicted octanol–water partition coefficient (Wildman–Crippen LogP) is 3.41. The first-order chi connectivity index (χ1) is 11.5. The lowest BCUT2D eigenvalue weighted by atomic mass is 9.87. The SMILES string of the molecule is CCCSc1nc(=O)c2c(n1C)NC(=O)C[C@H]2c1ccccc1Cl. The maximum absolute atomic E-state index is 12.7. The zero-order valence-corrected chi connectivity index (χ0v) is 15.1. The van der Waals surface area contributed by atoms with Crippen LogP contribution in [0, 0.1) is 0 Å². The lowest BCUT2D eigenvalue weighted by Crippen LogP contribution is -2.33. The van der Waals surface area contributed by atoms with Crippen molar-refractivity contribution < 1.29 is 4.79 Å². The Kier molecular flexibility index (Phi) is 4.96. The second-order valence-electron chi connectivity index (χ2n) is 5.70. The summed E-state index contributed by atoms with van der Waals surface area (Å²) in [5, 5.41) is 3.99. The Morgan fingerprint density at radius 2 is 2.12 bits per heavy atom. The molecule has 0 aliphatic carbocycles. The second-order valence-corrected chi connectivity index (χ2v) is 7.16. The fourth-order valence-electron chi connectivity index (χ4n) is 2.88. The zero-order valence-electron chi connectivity index (χ0n) is 13.5. The molecule has 0 unspecified atom stereocenters. The Morgan fingerprint density at radius 3 is 2.83 bits per heavy atom. The minimum Gasteiger partial charge on any atom is -0.312 e. The molecule has 1 aromatic carbocycles. The minimum atomic E-state index is -0.376. The van der Waals surface area contributed by atoms with Crippen molar-refractivity contribution in [1.29, 1.82) is 0 Å². The van der Waals surface area contributed by atoms with Crippen LogP contribution in [0.15, 0.2) is 34.2 Å². The van der Waals surface area contributed by atoms with Crippen LogP contribution < -0.4 is 10.9 Å². The quantitative estimate of drug-likeness (QED) is 0.667. The van der Waals surface area contributed by atoms with Gasteiger partial charge in [0.15, 0.2) is 5.16 Å². The van der Waals surface area contributed by atoms with Gasteiger partial charge >= 0.3 is 0 Å². The molecule has 1 atom stereocenters. The molecular weight excluding hydrogens is 346 g/mol. The minimum absolute atomic E-state index is 0.125. The van der Waals surface area contributed by atoms with Crippen molar-refractivity contribution in [3.8, 4) is 0 Å². The number of rotatable bonds is 4. The van der Waals surface area contributed by atoms with Gasteiger partial charge in [-0.2, -0.15) is 4.98 Å². The maximum atomic E-state index is 12.7. The van der Waals surface area contributed by atoms with Crippen LogP contribution in [0.1, 0.15) is 36.8 Å². The third kappa shape index (κ3) is 3.08. The third-order valence-corrected chi connectivity index (χ3v) is 5.60. The smallest absolute Gasteiger partial charge is 0.279 e. The summed E-state index contributed by atoms with van der Waals surface area (Å²) in [6.45, 7) is 2.07. The summed E-state index contributed by atoms with van der Waals surface area (Å²) in [7, 11) is 1.82. The van der Waals surface area contributed by atoms with E-state index in [9.17, 15) is 9.59 Å². The summed E-state index contributed by atoms with van der Waals surface area (Å²) in [6.07, 6.45) is 1.17. The number of nitrogens with zero attached hydrogens (tertiary/aromatic N) is 2. The van der Waals surface area contributed by atoms with Gasteiger partial charge in [0.2, 0.25) is 5.91 Å². The van der Waals surface area contributed by atoms with Gasteiger partial charge in [-0.05, 0) is 18.1 Å². The third-order valence-electron chi connectivity index (χ3n) is 4.02. The lowest BCUT2D eigenvalue weighted by Gasteiger charge is -2.28. The van der Waals surface area contributed by atoms with Crippen molar-refractivity contribution in [3.05, 3.63) is 50.8 Å². The molecule has 1 amide bonds. The number of hydrogen-bond acceptors (Lipinski definition) is 4. The Balaban J connectivity index is 2.17. The van der Waals surface area contributed by atoms with Gasteiger partial charge < -0.3 is 9.88 Å². The van der Waals surface area contributed by atoms with Crippen LogP contribution in [0.3, 0.4) is 0 Å². The van der Waals surface area contributed by atoms with E-state index in [4.69, 9.17) is 11.6 Å². The maximum Gasteiger partial charge on any atom is 0.279 e. The standard InChI is InChI=1S/C17H18ClN3O2S/c1-3-8-24-17-20-16(23)14-11(10-6-4-5-7-12(10)18)9-13(22)19-15(14)21(17)2/h4-7,11H,3,8-9H2,1-2H3,(H,19,22)/t11-/m0/s1. The molecule has 0 spiro atoms. The monoisotopic (exact) mass is 363 g/mol. The molecule has 0 radical (unpaired) electrons. The van der Waals surface area contributed by atoms with Crippen LogP contribution in [0.4, 0.5) is 5.82 Å². The van der Waals surface area contributed by atoms with Crippen molar-refractivity contribution in [3.63, 3.8) is 0 Å². The number of anilines is 1. The first-order valence-electron chi connectivity index (χ1n) is 7.81. The molecule has 1 N–H and O–H groups in total. The molecule has 5 nitrogen and oxygen atoms in total. The molecule has 0 bridgehead atoms. The van der Waals surface area contributed by atoms with Gasteiger partial charge in [0.25, 0.3) is 5.56 Å². The Morgan fingerprint density at radius 1 is 1.38 bits per heavy atom. The highest BCUT2D eigenvalue weighted by molar-refractivity contribution is 7.99. The molecular formula is C17H18ClN3O2S. The molecule has 0 saturated carbocycles. The summed E-state index contributed by atoms with van der Waals surface area (Å²) in [5.41, 5.74) is 0.987. The lowest BCUT2D eigenvalue weighted by molar-refractivity contribution is -0.116. The highest BCUT2D eigenvalue weighted by Gasteiger charge is 2.32. The number of amides is 1. The van der Waals surface area contributed by atoms with Crippen molar-refractivity contribution in [2.75, 3.05) is 11.1 Å². The largest absolute Gasteiger partial charge is 0.312 e. The van der Waals surface area contributed by atoms with Gasteiger partial charge in [0.1, 0.15) is 5.82 Å². The Labute approximate surface area is 149 Å². The average molecular weight is 364 g/mol. The fourth-order valence-corrected chi connectivity index (χ4v) is 3.97. The summed E-state index contributed by atoms with van der Waals surface area (Å²) in [5.74, 6) is 0.884.